The van der Waals surface area contributed by atoms with Gasteiger partial charge in [-0.2, -0.15) is 0 Å². The van der Waals surface area contributed by atoms with Gasteiger partial charge in [0.15, 0.2) is 0 Å². The normalized spacial score (nSPS) is 12.1. The number of rotatable bonds is 5. The minimum Gasteiger partial charge on any atom is -0.481 e. The third-order valence-corrected chi connectivity index (χ3v) is 3.17. The van der Waals surface area contributed by atoms with Crippen LogP contribution in [0.5, 0.6) is 0 Å². The van der Waals surface area contributed by atoms with Gasteiger partial charge in [0.25, 0.3) is 0 Å². The Hall–Kier alpha value is -2.20. The zero-order chi connectivity index (χ0) is 14.5. The molecule has 104 valence electrons. The lowest BCUT2D eigenvalue weighted by Crippen LogP contribution is -2.12. The van der Waals surface area contributed by atoms with Crippen molar-refractivity contribution in [1.82, 2.24) is 0 Å². The molecule has 2 aromatic carbocycles. The fourth-order valence-electron chi connectivity index (χ4n) is 2.06. The summed E-state index contributed by atoms with van der Waals surface area (Å²) in [6.07, 6.45) is 0.328. The molecule has 0 saturated heterocycles. The van der Waals surface area contributed by atoms with Gasteiger partial charge in [-0.3, -0.25) is 4.79 Å². The van der Waals surface area contributed by atoms with Crippen LogP contribution >= 0.6 is 0 Å². The molecular formula is C16H16FNO2. The summed E-state index contributed by atoms with van der Waals surface area (Å²) in [6.45, 7) is 0. The molecule has 3 N–H and O–H groups in total. The highest BCUT2D eigenvalue weighted by Crippen LogP contribution is 2.26. The number of hydrogen-bond acceptors (Lipinski definition) is 2. The van der Waals surface area contributed by atoms with Crippen LogP contribution in [0.2, 0.25) is 0 Å². The van der Waals surface area contributed by atoms with Crippen molar-refractivity contribution in [1.29, 1.82) is 0 Å². The van der Waals surface area contributed by atoms with Gasteiger partial charge in [0.2, 0.25) is 0 Å². The Morgan fingerprint density at radius 2 is 1.90 bits per heavy atom. The molecule has 0 aliphatic rings. The number of hydrogen-bond donors (Lipinski definition) is 2. The highest BCUT2D eigenvalue weighted by Gasteiger charge is 2.12. The molecule has 0 aromatic heterocycles. The molecule has 0 radical (unpaired) electrons. The Labute approximate surface area is 116 Å². The average Bonchev–Trinajstić information content (AvgIpc) is 2.46. The topological polar surface area (TPSA) is 63.3 Å². The van der Waals surface area contributed by atoms with E-state index < -0.39 is 12.0 Å². The van der Waals surface area contributed by atoms with Crippen LogP contribution < -0.4 is 5.73 Å². The Morgan fingerprint density at radius 1 is 1.20 bits per heavy atom. The molecule has 0 bridgehead atoms. The lowest BCUT2D eigenvalue weighted by molar-refractivity contribution is -0.137. The molecular weight excluding hydrogens is 257 g/mol. The Balaban J connectivity index is 2.27. The van der Waals surface area contributed by atoms with Gasteiger partial charge in [-0.15, -0.1) is 0 Å². The lowest BCUT2D eigenvalue weighted by Gasteiger charge is -2.13. The van der Waals surface area contributed by atoms with Crippen molar-refractivity contribution in [2.75, 3.05) is 0 Å². The molecule has 0 spiro atoms. The van der Waals surface area contributed by atoms with Gasteiger partial charge in [-0.05, 0) is 29.7 Å². The van der Waals surface area contributed by atoms with E-state index in [1.165, 1.54) is 6.07 Å². The number of carboxylic acids is 1. The fourth-order valence-corrected chi connectivity index (χ4v) is 2.06. The van der Waals surface area contributed by atoms with Gasteiger partial charge in [0.05, 0.1) is 0 Å². The second kappa shape index (κ2) is 6.30. The Bertz CT molecular complexity index is 599. The molecule has 0 heterocycles. The average molecular weight is 273 g/mol. The van der Waals surface area contributed by atoms with Crippen LogP contribution in [-0.4, -0.2) is 11.1 Å². The maximum atomic E-state index is 13.9. The highest BCUT2D eigenvalue weighted by atomic mass is 19.1. The number of aliphatic carboxylic acids is 1. The molecule has 0 fully saturated rings. The van der Waals surface area contributed by atoms with Crippen LogP contribution in [0.1, 0.15) is 24.4 Å². The van der Waals surface area contributed by atoms with Gasteiger partial charge in [-0.1, -0.05) is 36.4 Å². The zero-order valence-corrected chi connectivity index (χ0v) is 10.9. The van der Waals surface area contributed by atoms with Crippen molar-refractivity contribution in [2.24, 2.45) is 5.73 Å². The van der Waals surface area contributed by atoms with Gasteiger partial charge in [0.1, 0.15) is 5.82 Å². The third kappa shape index (κ3) is 3.42. The largest absolute Gasteiger partial charge is 0.481 e. The molecule has 0 aliphatic heterocycles. The number of carboxylic acid groups (broad SMARTS) is 1. The summed E-state index contributed by atoms with van der Waals surface area (Å²) in [5, 5.41) is 8.67. The van der Waals surface area contributed by atoms with Crippen molar-refractivity contribution in [3.05, 3.63) is 59.9 Å². The zero-order valence-electron chi connectivity index (χ0n) is 10.9. The minimum absolute atomic E-state index is 0.000780. The summed E-state index contributed by atoms with van der Waals surface area (Å²) in [7, 11) is 0. The van der Waals surface area contributed by atoms with E-state index in [1.807, 2.05) is 30.3 Å². The van der Waals surface area contributed by atoms with E-state index in [9.17, 15) is 9.18 Å². The molecule has 20 heavy (non-hydrogen) atoms. The van der Waals surface area contributed by atoms with Crippen molar-refractivity contribution >= 4 is 5.97 Å². The van der Waals surface area contributed by atoms with E-state index in [0.29, 0.717) is 12.0 Å². The van der Waals surface area contributed by atoms with Crippen molar-refractivity contribution < 1.29 is 14.3 Å². The SMILES string of the molecule is NC(CCC(=O)O)c1ccc(F)c(-c2ccccc2)c1. The van der Waals surface area contributed by atoms with E-state index in [0.717, 1.165) is 11.1 Å². The highest BCUT2D eigenvalue weighted by molar-refractivity contribution is 5.67. The summed E-state index contributed by atoms with van der Waals surface area (Å²) in [4.78, 5) is 10.6. The predicted octanol–water partition coefficient (Wildman–Crippen LogP) is 3.36. The number of benzene rings is 2. The van der Waals surface area contributed by atoms with E-state index in [2.05, 4.69) is 0 Å². The summed E-state index contributed by atoms with van der Waals surface area (Å²) in [5.74, 6) is -1.20. The van der Waals surface area contributed by atoms with E-state index in [1.54, 1.807) is 12.1 Å². The minimum atomic E-state index is -0.883. The summed E-state index contributed by atoms with van der Waals surface area (Å²) >= 11 is 0. The lowest BCUT2D eigenvalue weighted by atomic mass is 9.97. The van der Waals surface area contributed by atoms with Crippen molar-refractivity contribution in [3.63, 3.8) is 0 Å². The maximum Gasteiger partial charge on any atom is 0.303 e. The van der Waals surface area contributed by atoms with Gasteiger partial charge < -0.3 is 10.8 Å². The van der Waals surface area contributed by atoms with E-state index in [4.69, 9.17) is 10.8 Å². The van der Waals surface area contributed by atoms with Crippen LogP contribution in [0.4, 0.5) is 4.39 Å². The fraction of sp³-hybridized carbons (Fsp3) is 0.188. The number of carbonyl (C=O) groups is 1. The van der Waals surface area contributed by atoms with E-state index in [-0.39, 0.29) is 12.2 Å². The van der Waals surface area contributed by atoms with Crippen molar-refractivity contribution in [2.45, 2.75) is 18.9 Å². The van der Waals surface area contributed by atoms with Crippen LogP contribution in [0.15, 0.2) is 48.5 Å². The van der Waals surface area contributed by atoms with E-state index >= 15 is 0 Å². The molecule has 4 heteroatoms. The smallest absolute Gasteiger partial charge is 0.303 e. The molecule has 0 saturated carbocycles. The summed E-state index contributed by atoms with van der Waals surface area (Å²) in [5.41, 5.74) is 7.95. The van der Waals surface area contributed by atoms with Crippen LogP contribution in [0, 0.1) is 5.82 Å². The third-order valence-electron chi connectivity index (χ3n) is 3.17. The molecule has 0 amide bonds. The molecule has 1 atom stereocenters. The maximum absolute atomic E-state index is 13.9. The van der Waals surface area contributed by atoms with Crippen LogP contribution in [0.3, 0.4) is 0 Å². The Kier molecular flexibility index (Phi) is 4.48. The molecule has 2 aromatic rings. The first kappa shape index (κ1) is 14.2. The second-order valence-electron chi connectivity index (χ2n) is 4.64. The number of nitrogens with two attached hydrogens (primary N) is 1. The van der Waals surface area contributed by atoms with Gasteiger partial charge in [0, 0.05) is 18.0 Å². The number of halogens is 1. The van der Waals surface area contributed by atoms with Crippen molar-refractivity contribution in [3.8, 4) is 11.1 Å². The standard InChI is InChI=1S/C16H16FNO2/c17-14-7-6-12(15(18)8-9-16(19)20)10-13(14)11-4-2-1-3-5-11/h1-7,10,15H,8-9,18H2,(H,19,20). The quantitative estimate of drug-likeness (QED) is 0.878. The molecule has 0 aliphatic carbocycles. The first-order valence-corrected chi connectivity index (χ1v) is 6.40. The molecule has 3 nitrogen and oxygen atoms in total. The monoisotopic (exact) mass is 273 g/mol. The molecule has 1 unspecified atom stereocenters. The van der Waals surface area contributed by atoms with Gasteiger partial charge in [-0.25, -0.2) is 4.39 Å². The van der Waals surface area contributed by atoms with Crippen LogP contribution in [-0.2, 0) is 4.79 Å². The summed E-state index contributed by atoms with van der Waals surface area (Å²) in [6, 6.07) is 13.5. The molecule has 2 rings (SSSR count). The second-order valence-corrected chi connectivity index (χ2v) is 4.64. The van der Waals surface area contributed by atoms with Gasteiger partial charge >= 0.3 is 5.97 Å². The summed E-state index contributed by atoms with van der Waals surface area (Å²) < 4.78 is 13.9. The first-order valence-electron chi connectivity index (χ1n) is 6.40. The Morgan fingerprint density at radius 3 is 2.55 bits per heavy atom. The predicted molar refractivity (Wildman–Crippen MR) is 75.6 cm³/mol. The first-order chi connectivity index (χ1) is 9.58. The van der Waals surface area contributed by atoms with Crippen LogP contribution in [0.25, 0.3) is 11.1 Å².